The van der Waals surface area contributed by atoms with Gasteiger partial charge in [-0.05, 0) is 37.8 Å². The molecule has 0 aliphatic rings. The molecule has 0 unspecified atom stereocenters. The van der Waals surface area contributed by atoms with Gasteiger partial charge >= 0.3 is 0 Å². The molecule has 0 aromatic carbocycles. The van der Waals surface area contributed by atoms with Gasteiger partial charge < -0.3 is 5.32 Å². The van der Waals surface area contributed by atoms with E-state index in [0.717, 1.165) is 23.6 Å². The molecule has 0 aliphatic heterocycles. The summed E-state index contributed by atoms with van der Waals surface area (Å²) < 4.78 is 0. The van der Waals surface area contributed by atoms with Crippen LogP contribution in [0.15, 0.2) is 17.8 Å². The SMILES string of the molecule is CCNc1ncnc(-c2sccc2C)c1C. The molecule has 0 bridgehead atoms. The monoisotopic (exact) mass is 233 g/mol. The molecule has 4 heteroatoms. The average molecular weight is 233 g/mol. The van der Waals surface area contributed by atoms with Gasteiger partial charge in [-0.25, -0.2) is 9.97 Å². The maximum atomic E-state index is 4.38. The predicted molar refractivity (Wildman–Crippen MR) is 69.0 cm³/mol. The molecule has 0 atom stereocenters. The lowest BCUT2D eigenvalue weighted by atomic mass is 10.1. The fraction of sp³-hybridized carbons (Fsp3) is 0.333. The largest absolute Gasteiger partial charge is 0.370 e. The van der Waals surface area contributed by atoms with Crippen molar-refractivity contribution < 1.29 is 0 Å². The molecule has 0 fully saturated rings. The fourth-order valence-corrected chi connectivity index (χ4v) is 2.62. The summed E-state index contributed by atoms with van der Waals surface area (Å²) in [5.74, 6) is 0.931. The van der Waals surface area contributed by atoms with Crippen molar-refractivity contribution in [2.75, 3.05) is 11.9 Å². The van der Waals surface area contributed by atoms with E-state index in [1.54, 1.807) is 17.7 Å². The number of aryl methyl sites for hydroxylation is 1. The number of rotatable bonds is 3. The summed E-state index contributed by atoms with van der Waals surface area (Å²) in [6.45, 7) is 7.12. The summed E-state index contributed by atoms with van der Waals surface area (Å²) in [7, 11) is 0. The quantitative estimate of drug-likeness (QED) is 0.884. The normalized spacial score (nSPS) is 10.4. The van der Waals surface area contributed by atoms with Gasteiger partial charge in [-0.2, -0.15) is 0 Å². The topological polar surface area (TPSA) is 37.8 Å². The lowest BCUT2D eigenvalue weighted by Gasteiger charge is -2.09. The second-order valence-corrected chi connectivity index (χ2v) is 4.58. The van der Waals surface area contributed by atoms with Gasteiger partial charge in [0, 0.05) is 12.1 Å². The molecule has 84 valence electrons. The van der Waals surface area contributed by atoms with E-state index in [4.69, 9.17) is 0 Å². The van der Waals surface area contributed by atoms with Crippen molar-refractivity contribution in [1.82, 2.24) is 9.97 Å². The third-order valence-corrected chi connectivity index (χ3v) is 3.53. The van der Waals surface area contributed by atoms with E-state index in [2.05, 4.69) is 47.5 Å². The summed E-state index contributed by atoms with van der Waals surface area (Å²) in [5, 5.41) is 5.35. The third kappa shape index (κ3) is 1.93. The molecular weight excluding hydrogens is 218 g/mol. The zero-order valence-corrected chi connectivity index (χ0v) is 10.6. The Morgan fingerprint density at radius 1 is 1.31 bits per heavy atom. The van der Waals surface area contributed by atoms with E-state index in [0.29, 0.717) is 0 Å². The summed E-state index contributed by atoms with van der Waals surface area (Å²) >= 11 is 1.73. The highest BCUT2D eigenvalue weighted by molar-refractivity contribution is 7.13. The molecule has 2 heterocycles. The molecule has 3 nitrogen and oxygen atoms in total. The lowest BCUT2D eigenvalue weighted by molar-refractivity contribution is 1.09. The first-order valence-corrected chi connectivity index (χ1v) is 6.22. The van der Waals surface area contributed by atoms with Crippen LogP contribution in [0.2, 0.25) is 0 Å². The maximum Gasteiger partial charge on any atom is 0.132 e. The van der Waals surface area contributed by atoms with Gasteiger partial charge in [-0.1, -0.05) is 0 Å². The van der Waals surface area contributed by atoms with Crippen molar-refractivity contribution in [3.63, 3.8) is 0 Å². The van der Waals surface area contributed by atoms with E-state index in [9.17, 15) is 0 Å². The van der Waals surface area contributed by atoms with Gasteiger partial charge in [-0.3, -0.25) is 0 Å². The van der Waals surface area contributed by atoms with Crippen molar-refractivity contribution in [2.24, 2.45) is 0 Å². The third-order valence-electron chi connectivity index (χ3n) is 2.51. The zero-order valence-electron chi connectivity index (χ0n) is 9.74. The van der Waals surface area contributed by atoms with Crippen molar-refractivity contribution >= 4 is 17.2 Å². The number of hydrogen-bond acceptors (Lipinski definition) is 4. The lowest BCUT2D eigenvalue weighted by Crippen LogP contribution is -2.03. The van der Waals surface area contributed by atoms with Crippen LogP contribution in [0, 0.1) is 13.8 Å². The van der Waals surface area contributed by atoms with Crippen LogP contribution in [-0.2, 0) is 0 Å². The minimum absolute atomic E-state index is 0.876. The first-order valence-electron chi connectivity index (χ1n) is 5.34. The predicted octanol–water partition coefficient (Wildman–Crippen LogP) is 3.25. The Bertz CT molecular complexity index is 491. The summed E-state index contributed by atoms with van der Waals surface area (Å²) in [6.07, 6.45) is 1.62. The van der Waals surface area contributed by atoms with Crippen LogP contribution >= 0.6 is 11.3 Å². The van der Waals surface area contributed by atoms with Gasteiger partial charge in [0.15, 0.2) is 0 Å². The molecule has 0 saturated heterocycles. The molecular formula is C12H15N3S. The first-order chi connectivity index (χ1) is 7.74. The average Bonchev–Trinajstić information content (AvgIpc) is 2.68. The fourth-order valence-electron chi connectivity index (χ4n) is 1.64. The Morgan fingerprint density at radius 2 is 2.12 bits per heavy atom. The number of nitrogens with zero attached hydrogens (tertiary/aromatic N) is 2. The van der Waals surface area contributed by atoms with E-state index in [-0.39, 0.29) is 0 Å². The van der Waals surface area contributed by atoms with Crippen LogP contribution in [0.5, 0.6) is 0 Å². The van der Waals surface area contributed by atoms with Crippen molar-refractivity contribution in [3.05, 3.63) is 28.9 Å². The van der Waals surface area contributed by atoms with Crippen molar-refractivity contribution in [2.45, 2.75) is 20.8 Å². The number of aromatic nitrogens is 2. The van der Waals surface area contributed by atoms with Gasteiger partial charge in [0.2, 0.25) is 0 Å². The standard InChI is InChI=1S/C12H15N3S/c1-4-13-12-9(3)10(14-7-15-12)11-8(2)5-6-16-11/h5-7H,4H2,1-3H3,(H,13,14,15). The summed E-state index contributed by atoms with van der Waals surface area (Å²) in [4.78, 5) is 9.87. The van der Waals surface area contributed by atoms with Crippen LogP contribution in [0.25, 0.3) is 10.6 Å². The summed E-state index contributed by atoms with van der Waals surface area (Å²) in [6, 6.07) is 2.12. The van der Waals surface area contributed by atoms with Crippen LogP contribution < -0.4 is 5.32 Å². The Balaban J connectivity index is 2.50. The number of hydrogen-bond donors (Lipinski definition) is 1. The Kier molecular flexibility index (Phi) is 3.19. The number of thiophene rings is 1. The van der Waals surface area contributed by atoms with Crippen LogP contribution in [0.4, 0.5) is 5.82 Å². The first kappa shape index (κ1) is 11.1. The Hall–Kier alpha value is -1.42. The van der Waals surface area contributed by atoms with E-state index in [1.165, 1.54) is 10.4 Å². The van der Waals surface area contributed by atoms with Crippen molar-refractivity contribution in [3.8, 4) is 10.6 Å². The molecule has 0 spiro atoms. The molecule has 0 radical (unpaired) electrons. The molecule has 0 saturated carbocycles. The maximum absolute atomic E-state index is 4.38. The molecule has 2 rings (SSSR count). The highest BCUT2D eigenvalue weighted by Crippen LogP contribution is 2.31. The van der Waals surface area contributed by atoms with Gasteiger partial charge in [-0.15, -0.1) is 11.3 Å². The highest BCUT2D eigenvalue weighted by atomic mass is 32.1. The van der Waals surface area contributed by atoms with Crippen LogP contribution in [0.3, 0.4) is 0 Å². The van der Waals surface area contributed by atoms with E-state index < -0.39 is 0 Å². The van der Waals surface area contributed by atoms with Gasteiger partial charge in [0.05, 0.1) is 10.6 Å². The second kappa shape index (κ2) is 4.61. The highest BCUT2D eigenvalue weighted by Gasteiger charge is 2.11. The molecule has 2 aromatic rings. The molecule has 1 N–H and O–H groups in total. The summed E-state index contributed by atoms with van der Waals surface area (Å²) in [5.41, 5.74) is 3.43. The molecule has 0 amide bonds. The second-order valence-electron chi connectivity index (χ2n) is 3.66. The van der Waals surface area contributed by atoms with Gasteiger partial charge in [0.25, 0.3) is 0 Å². The van der Waals surface area contributed by atoms with Crippen LogP contribution in [0.1, 0.15) is 18.1 Å². The van der Waals surface area contributed by atoms with E-state index in [1.807, 2.05) is 0 Å². The molecule has 16 heavy (non-hydrogen) atoms. The number of nitrogens with one attached hydrogen (secondary N) is 1. The molecule has 0 aliphatic carbocycles. The van der Waals surface area contributed by atoms with Gasteiger partial charge in [0.1, 0.15) is 12.1 Å². The Morgan fingerprint density at radius 3 is 2.75 bits per heavy atom. The Labute approximate surface area is 99.6 Å². The minimum atomic E-state index is 0.876. The zero-order chi connectivity index (χ0) is 11.5. The van der Waals surface area contributed by atoms with Crippen LogP contribution in [-0.4, -0.2) is 16.5 Å². The number of anilines is 1. The van der Waals surface area contributed by atoms with E-state index >= 15 is 0 Å². The minimum Gasteiger partial charge on any atom is -0.370 e. The molecule has 2 aromatic heterocycles. The smallest absolute Gasteiger partial charge is 0.132 e. The van der Waals surface area contributed by atoms with Crippen molar-refractivity contribution in [1.29, 1.82) is 0 Å².